The number of rotatable bonds is 17. The molecular weight excluding hydrogens is 390 g/mol. The topological polar surface area (TPSA) is 83.9 Å². The van der Waals surface area contributed by atoms with Crippen LogP contribution in [0.15, 0.2) is 0 Å². The maximum Gasteiger partial charge on any atom is 0.306 e. The number of unbranched alkanes of at least 4 members (excludes halogenated alkanes) is 5. The van der Waals surface area contributed by atoms with Gasteiger partial charge in [-0.3, -0.25) is 14.4 Å². The molecule has 1 rings (SSSR count). The highest BCUT2D eigenvalue weighted by molar-refractivity contribution is 8.00. The first-order valence-electron chi connectivity index (χ1n) is 11.3. The molecule has 0 saturated carbocycles. The van der Waals surface area contributed by atoms with Crippen molar-refractivity contribution >= 4 is 29.6 Å². The molecule has 0 aromatic heterocycles. The molecule has 7 heteroatoms. The average molecular weight is 430 g/mol. The number of nitrogens with zero attached hydrogens (tertiary/aromatic N) is 1. The molecule has 1 N–H and O–H groups in total. The van der Waals surface area contributed by atoms with E-state index in [4.69, 9.17) is 9.84 Å². The molecule has 1 amide bonds. The standard InChI is InChI=1S/C22H39NO5S/c1-3-5-8-12-18(28-22(27)11-4-2)15-16-23-19(24)17-29-20(23)13-9-6-7-10-14-21(25)26/h18,20H,3-17H2,1-2H3,(H,25,26). The van der Waals surface area contributed by atoms with Gasteiger partial charge in [0.05, 0.1) is 11.1 Å². The number of aliphatic carboxylic acids is 1. The highest BCUT2D eigenvalue weighted by atomic mass is 32.2. The summed E-state index contributed by atoms with van der Waals surface area (Å²) in [6, 6.07) is 0. The molecular formula is C22H39NO5S. The maximum atomic E-state index is 12.3. The van der Waals surface area contributed by atoms with Crippen LogP contribution in [0.1, 0.15) is 97.3 Å². The molecule has 0 aromatic carbocycles. The van der Waals surface area contributed by atoms with Gasteiger partial charge >= 0.3 is 11.9 Å². The first kappa shape index (κ1) is 25.8. The Kier molecular flexibility index (Phi) is 13.9. The third-order valence-electron chi connectivity index (χ3n) is 5.23. The summed E-state index contributed by atoms with van der Waals surface area (Å²) < 4.78 is 5.68. The summed E-state index contributed by atoms with van der Waals surface area (Å²) in [6.07, 6.45) is 10.8. The largest absolute Gasteiger partial charge is 0.481 e. The lowest BCUT2D eigenvalue weighted by atomic mass is 10.1. The highest BCUT2D eigenvalue weighted by Crippen LogP contribution is 2.30. The van der Waals surface area contributed by atoms with Gasteiger partial charge in [-0.05, 0) is 32.1 Å². The minimum atomic E-state index is -0.735. The Morgan fingerprint density at radius 2 is 1.83 bits per heavy atom. The Morgan fingerprint density at radius 1 is 1.07 bits per heavy atom. The van der Waals surface area contributed by atoms with Crippen LogP contribution >= 0.6 is 11.8 Å². The Labute approximate surface area is 180 Å². The maximum absolute atomic E-state index is 12.3. The molecule has 2 unspecified atom stereocenters. The Balaban J connectivity index is 2.42. The van der Waals surface area contributed by atoms with Crippen LogP contribution < -0.4 is 0 Å². The van der Waals surface area contributed by atoms with E-state index in [-0.39, 0.29) is 29.8 Å². The number of carbonyl (C=O) groups excluding carboxylic acids is 2. The number of ether oxygens (including phenoxy) is 1. The second kappa shape index (κ2) is 15.6. The van der Waals surface area contributed by atoms with Crippen molar-refractivity contribution in [2.45, 2.75) is 109 Å². The van der Waals surface area contributed by atoms with E-state index in [0.29, 0.717) is 25.1 Å². The quantitative estimate of drug-likeness (QED) is 0.259. The Morgan fingerprint density at radius 3 is 2.52 bits per heavy atom. The van der Waals surface area contributed by atoms with E-state index in [0.717, 1.165) is 64.2 Å². The van der Waals surface area contributed by atoms with Crippen LogP contribution in [0.25, 0.3) is 0 Å². The minimum absolute atomic E-state index is 0.101. The number of thioether (sulfide) groups is 1. The van der Waals surface area contributed by atoms with E-state index >= 15 is 0 Å². The average Bonchev–Trinajstić information content (AvgIpc) is 3.02. The van der Waals surface area contributed by atoms with E-state index in [1.54, 1.807) is 11.8 Å². The molecule has 0 aromatic rings. The second-order valence-electron chi connectivity index (χ2n) is 7.85. The molecule has 1 fully saturated rings. The highest BCUT2D eigenvalue weighted by Gasteiger charge is 2.31. The molecule has 29 heavy (non-hydrogen) atoms. The monoisotopic (exact) mass is 429 g/mol. The fourth-order valence-electron chi connectivity index (χ4n) is 3.57. The van der Waals surface area contributed by atoms with E-state index < -0.39 is 5.97 Å². The van der Waals surface area contributed by atoms with Gasteiger partial charge in [-0.25, -0.2) is 0 Å². The van der Waals surface area contributed by atoms with Crippen LogP contribution in [0.3, 0.4) is 0 Å². The summed E-state index contributed by atoms with van der Waals surface area (Å²) >= 11 is 1.70. The normalized spacial score (nSPS) is 17.5. The molecule has 0 bridgehead atoms. The molecule has 0 aliphatic carbocycles. The summed E-state index contributed by atoms with van der Waals surface area (Å²) in [5, 5.41) is 8.88. The van der Waals surface area contributed by atoms with Crippen molar-refractivity contribution in [3.05, 3.63) is 0 Å². The van der Waals surface area contributed by atoms with Crippen molar-refractivity contribution in [2.24, 2.45) is 0 Å². The zero-order valence-corrected chi connectivity index (χ0v) is 19.0. The molecule has 0 radical (unpaired) electrons. The van der Waals surface area contributed by atoms with Crippen molar-refractivity contribution < 1.29 is 24.2 Å². The van der Waals surface area contributed by atoms with Crippen molar-refractivity contribution in [1.29, 1.82) is 0 Å². The lowest BCUT2D eigenvalue weighted by molar-refractivity contribution is -0.150. The van der Waals surface area contributed by atoms with E-state index in [1.807, 2.05) is 11.8 Å². The molecule has 1 saturated heterocycles. The van der Waals surface area contributed by atoms with Crippen LogP contribution in [-0.2, 0) is 19.1 Å². The summed E-state index contributed by atoms with van der Waals surface area (Å²) in [5.74, 6) is -0.159. The lowest BCUT2D eigenvalue weighted by Crippen LogP contribution is -2.36. The summed E-state index contributed by atoms with van der Waals surface area (Å²) in [7, 11) is 0. The van der Waals surface area contributed by atoms with Gasteiger partial charge < -0.3 is 14.7 Å². The van der Waals surface area contributed by atoms with Gasteiger partial charge in [0.15, 0.2) is 0 Å². The van der Waals surface area contributed by atoms with Gasteiger partial charge in [0, 0.05) is 25.8 Å². The van der Waals surface area contributed by atoms with Gasteiger partial charge in [0.2, 0.25) is 5.91 Å². The molecule has 2 atom stereocenters. The van der Waals surface area contributed by atoms with Gasteiger partial charge in [-0.1, -0.05) is 46.0 Å². The first-order valence-corrected chi connectivity index (χ1v) is 12.3. The van der Waals surface area contributed by atoms with Crippen molar-refractivity contribution in [3.63, 3.8) is 0 Å². The third-order valence-corrected chi connectivity index (χ3v) is 6.52. The molecule has 1 aliphatic heterocycles. The number of carbonyl (C=O) groups is 3. The van der Waals surface area contributed by atoms with Crippen molar-refractivity contribution in [3.8, 4) is 0 Å². The van der Waals surface area contributed by atoms with Crippen LogP contribution in [0.2, 0.25) is 0 Å². The molecule has 1 aliphatic rings. The minimum Gasteiger partial charge on any atom is -0.481 e. The SMILES string of the molecule is CCCCCC(CCN1C(=O)CSC1CCCCCCC(=O)O)OC(=O)CCC. The van der Waals surface area contributed by atoms with E-state index in [2.05, 4.69) is 6.92 Å². The van der Waals surface area contributed by atoms with Gasteiger partial charge in [0.1, 0.15) is 6.10 Å². The molecule has 6 nitrogen and oxygen atoms in total. The lowest BCUT2D eigenvalue weighted by Gasteiger charge is -2.26. The number of hydrogen-bond donors (Lipinski definition) is 1. The van der Waals surface area contributed by atoms with Crippen molar-refractivity contribution in [2.75, 3.05) is 12.3 Å². The zero-order valence-electron chi connectivity index (χ0n) is 18.2. The predicted octanol–water partition coefficient (Wildman–Crippen LogP) is 5.00. The number of carboxylic acid groups (broad SMARTS) is 1. The third kappa shape index (κ3) is 11.5. The number of hydrogen-bond acceptors (Lipinski definition) is 5. The Hall–Kier alpha value is -1.24. The van der Waals surface area contributed by atoms with Gasteiger partial charge in [0.25, 0.3) is 0 Å². The van der Waals surface area contributed by atoms with Crippen molar-refractivity contribution in [1.82, 2.24) is 4.90 Å². The summed E-state index contributed by atoms with van der Waals surface area (Å²) in [4.78, 5) is 36.8. The van der Waals surface area contributed by atoms with E-state index in [9.17, 15) is 14.4 Å². The van der Waals surface area contributed by atoms with Crippen LogP contribution in [-0.4, -0.2) is 51.6 Å². The van der Waals surface area contributed by atoms with Gasteiger partial charge in [-0.2, -0.15) is 0 Å². The Bertz CT molecular complexity index is 500. The van der Waals surface area contributed by atoms with Crippen LogP contribution in [0.4, 0.5) is 0 Å². The van der Waals surface area contributed by atoms with E-state index in [1.165, 1.54) is 0 Å². The molecule has 0 spiro atoms. The van der Waals surface area contributed by atoms with Crippen LogP contribution in [0, 0.1) is 0 Å². The summed E-state index contributed by atoms with van der Waals surface area (Å²) in [6.45, 7) is 4.77. The van der Waals surface area contributed by atoms with Crippen LogP contribution in [0.5, 0.6) is 0 Å². The number of carboxylic acids is 1. The smallest absolute Gasteiger partial charge is 0.306 e. The number of amides is 1. The second-order valence-corrected chi connectivity index (χ2v) is 9.01. The molecule has 168 valence electrons. The fourth-order valence-corrected chi connectivity index (χ4v) is 4.81. The number of esters is 1. The van der Waals surface area contributed by atoms with Gasteiger partial charge in [-0.15, -0.1) is 11.8 Å². The zero-order chi connectivity index (χ0) is 21.5. The molecule has 1 heterocycles. The summed E-state index contributed by atoms with van der Waals surface area (Å²) in [5.41, 5.74) is 0. The first-order chi connectivity index (χ1) is 14.0. The fraction of sp³-hybridized carbons (Fsp3) is 0.864. The predicted molar refractivity (Wildman–Crippen MR) is 117 cm³/mol.